The predicted molar refractivity (Wildman–Crippen MR) is 101 cm³/mol. The standard InChI is InChI=1S/C22H25N/c1-4-22(17(3)21-12-8-5-9-16(21)2)23-20-14-13-18-10-6-7-11-19(18)15-20/h4-5,8-9,12-15,22-23H,1,3,6-7,10-11H2,2H3. The van der Waals surface area contributed by atoms with Crippen LogP contribution in [0.1, 0.15) is 35.1 Å². The van der Waals surface area contributed by atoms with Gasteiger partial charge >= 0.3 is 0 Å². The third kappa shape index (κ3) is 3.39. The average molecular weight is 303 g/mol. The molecule has 23 heavy (non-hydrogen) atoms. The van der Waals surface area contributed by atoms with E-state index in [4.69, 9.17) is 0 Å². The van der Waals surface area contributed by atoms with E-state index in [1.807, 2.05) is 6.08 Å². The van der Waals surface area contributed by atoms with Gasteiger partial charge in [0.2, 0.25) is 0 Å². The first-order valence-electron chi connectivity index (χ1n) is 8.44. The zero-order valence-electron chi connectivity index (χ0n) is 13.9. The number of nitrogens with one attached hydrogen (secondary N) is 1. The average Bonchev–Trinajstić information content (AvgIpc) is 2.59. The third-order valence-corrected chi connectivity index (χ3v) is 4.77. The fourth-order valence-electron chi connectivity index (χ4n) is 3.39. The largest absolute Gasteiger partial charge is 0.375 e. The summed E-state index contributed by atoms with van der Waals surface area (Å²) in [5.41, 5.74) is 7.67. The van der Waals surface area contributed by atoms with Crippen molar-refractivity contribution < 1.29 is 0 Å². The van der Waals surface area contributed by atoms with Crippen LogP contribution in [0.15, 0.2) is 61.7 Å². The van der Waals surface area contributed by atoms with E-state index < -0.39 is 0 Å². The van der Waals surface area contributed by atoms with Crippen molar-refractivity contribution in [1.82, 2.24) is 0 Å². The first-order valence-corrected chi connectivity index (χ1v) is 8.44. The van der Waals surface area contributed by atoms with Gasteiger partial charge in [0.1, 0.15) is 0 Å². The SMILES string of the molecule is C=CC(Nc1ccc2c(c1)CCCC2)C(=C)c1ccccc1C. The van der Waals surface area contributed by atoms with Crippen molar-refractivity contribution in [3.05, 3.63) is 84.0 Å². The summed E-state index contributed by atoms with van der Waals surface area (Å²) in [7, 11) is 0. The monoisotopic (exact) mass is 303 g/mol. The maximum Gasteiger partial charge on any atom is 0.0695 e. The Hall–Kier alpha value is -2.28. The maximum atomic E-state index is 4.31. The highest BCUT2D eigenvalue weighted by atomic mass is 14.9. The van der Waals surface area contributed by atoms with E-state index in [9.17, 15) is 0 Å². The lowest BCUT2D eigenvalue weighted by Gasteiger charge is -2.22. The lowest BCUT2D eigenvalue weighted by atomic mass is 9.91. The molecule has 0 bridgehead atoms. The smallest absolute Gasteiger partial charge is 0.0695 e. The molecule has 2 aromatic rings. The van der Waals surface area contributed by atoms with Crippen molar-refractivity contribution in [2.45, 2.75) is 38.6 Å². The second-order valence-electron chi connectivity index (χ2n) is 6.39. The maximum absolute atomic E-state index is 4.31. The minimum absolute atomic E-state index is 0.0396. The summed E-state index contributed by atoms with van der Waals surface area (Å²) in [6, 6.07) is 15.2. The van der Waals surface area contributed by atoms with Gasteiger partial charge in [0, 0.05) is 5.69 Å². The molecule has 0 spiro atoms. The number of anilines is 1. The van der Waals surface area contributed by atoms with Gasteiger partial charge in [-0.05, 0) is 72.6 Å². The Morgan fingerprint density at radius 2 is 1.83 bits per heavy atom. The third-order valence-electron chi connectivity index (χ3n) is 4.77. The molecule has 2 aromatic carbocycles. The molecule has 1 N–H and O–H groups in total. The lowest BCUT2D eigenvalue weighted by molar-refractivity contribution is 0.686. The van der Waals surface area contributed by atoms with Crippen molar-refractivity contribution >= 4 is 11.3 Å². The van der Waals surface area contributed by atoms with E-state index >= 15 is 0 Å². The molecular weight excluding hydrogens is 278 g/mol. The highest BCUT2D eigenvalue weighted by Crippen LogP contribution is 2.27. The molecule has 1 nitrogen and oxygen atoms in total. The van der Waals surface area contributed by atoms with Gasteiger partial charge in [-0.2, -0.15) is 0 Å². The molecule has 0 aliphatic heterocycles. The molecule has 1 aliphatic carbocycles. The molecule has 0 saturated carbocycles. The number of hydrogen-bond acceptors (Lipinski definition) is 1. The Morgan fingerprint density at radius 1 is 1.09 bits per heavy atom. The number of fused-ring (bicyclic) bond motifs is 1. The van der Waals surface area contributed by atoms with E-state index in [1.165, 1.54) is 47.9 Å². The molecule has 3 rings (SSSR count). The van der Waals surface area contributed by atoms with Crippen LogP contribution in [0, 0.1) is 6.92 Å². The summed E-state index contributed by atoms with van der Waals surface area (Å²) in [6.45, 7) is 10.4. The zero-order chi connectivity index (χ0) is 16.2. The first-order chi connectivity index (χ1) is 11.2. The van der Waals surface area contributed by atoms with Gasteiger partial charge in [0.15, 0.2) is 0 Å². The van der Waals surface area contributed by atoms with Crippen molar-refractivity contribution in [3.8, 4) is 0 Å². The Kier molecular flexibility index (Phi) is 4.66. The van der Waals surface area contributed by atoms with Crippen molar-refractivity contribution in [2.75, 3.05) is 5.32 Å². The number of aryl methyl sites for hydroxylation is 3. The number of benzene rings is 2. The van der Waals surface area contributed by atoms with Crippen LogP contribution >= 0.6 is 0 Å². The van der Waals surface area contributed by atoms with E-state index in [1.54, 1.807) is 0 Å². The highest BCUT2D eigenvalue weighted by molar-refractivity contribution is 5.74. The van der Waals surface area contributed by atoms with Crippen LogP contribution < -0.4 is 5.32 Å². The minimum atomic E-state index is 0.0396. The normalized spacial score (nSPS) is 14.7. The van der Waals surface area contributed by atoms with Crippen LogP contribution in [0.2, 0.25) is 0 Å². The molecule has 1 heteroatoms. The van der Waals surface area contributed by atoms with Gasteiger partial charge in [-0.15, -0.1) is 6.58 Å². The molecule has 1 aliphatic rings. The van der Waals surface area contributed by atoms with Crippen LogP contribution in [-0.4, -0.2) is 6.04 Å². The first kappa shape index (κ1) is 15.6. The molecule has 0 aromatic heterocycles. The van der Waals surface area contributed by atoms with Gasteiger partial charge < -0.3 is 5.32 Å². The van der Waals surface area contributed by atoms with Gasteiger partial charge in [-0.3, -0.25) is 0 Å². The van der Waals surface area contributed by atoms with Crippen molar-refractivity contribution in [3.63, 3.8) is 0 Å². The highest BCUT2D eigenvalue weighted by Gasteiger charge is 2.14. The molecule has 0 radical (unpaired) electrons. The van der Waals surface area contributed by atoms with Crippen LogP contribution in [0.5, 0.6) is 0 Å². The van der Waals surface area contributed by atoms with Crippen LogP contribution in [-0.2, 0) is 12.8 Å². The summed E-state index contributed by atoms with van der Waals surface area (Å²) >= 11 is 0. The van der Waals surface area contributed by atoms with Crippen LogP contribution in [0.4, 0.5) is 5.69 Å². The second kappa shape index (κ2) is 6.87. The Bertz CT molecular complexity index is 727. The van der Waals surface area contributed by atoms with Crippen LogP contribution in [0.25, 0.3) is 5.57 Å². The van der Waals surface area contributed by atoms with Crippen LogP contribution in [0.3, 0.4) is 0 Å². The van der Waals surface area contributed by atoms with Gasteiger partial charge in [-0.1, -0.05) is 43.0 Å². The summed E-state index contributed by atoms with van der Waals surface area (Å²) < 4.78 is 0. The molecule has 0 amide bonds. The molecular formula is C22H25N. The van der Waals surface area contributed by atoms with E-state index in [0.717, 1.165) is 11.3 Å². The van der Waals surface area contributed by atoms with Crippen molar-refractivity contribution in [1.29, 1.82) is 0 Å². The van der Waals surface area contributed by atoms with E-state index in [-0.39, 0.29) is 6.04 Å². The Labute approximate surface area is 139 Å². The van der Waals surface area contributed by atoms with Crippen molar-refractivity contribution in [2.24, 2.45) is 0 Å². The summed E-state index contributed by atoms with van der Waals surface area (Å²) in [5, 5.41) is 3.59. The van der Waals surface area contributed by atoms with E-state index in [0.29, 0.717) is 0 Å². The molecule has 118 valence electrons. The fourth-order valence-corrected chi connectivity index (χ4v) is 3.39. The zero-order valence-corrected chi connectivity index (χ0v) is 13.9. The molecule has 1 atom stereocenters. The molecule has 0 heterocycles. The topological polar surface area (TPSA) is 12.0 Å². The number of hydrogen-bond donors (Lipinski definition) is 1. The molecule has 0 saturated heterocycles. The van der Waals surface area contributed by atoms with E-state index in [2.05, 4.69) is 67.9 Å². The van der Waals surface area contributed by atoms with Gasteiger partial charge in [0.25, 0.3) is 0 Å². The molecule has 0 fully saturated rings. The Morgan fingerprint density at radius 3 is 2.57 bits per heavy atom. The Balaban J connectivity index is 1.81. The molecule has 1 unspecified atom stereocenters. The van der Waals surface area contributed by atoms with Gasteiger partial charge in [-0.25, -0.2) is 0 Å². The van der Waals surface area contributed by atoms with Gasteiger partial charge in [0.05, 0.1) is 6.04 Å². The fraction of sp³-hybridized carbons (Fsp3) is 0.273. The minimum Gasteiger partial charge on any atom is -0.375 e. The lowest BCUT2D eigenvalue weighted by Crippen LogP contribution is -2.19. The summed E-state index contributed by atoms with van der Waals surface area (Å²) in [6.07, 6.45) is 6.98. The summed E-state index contributed by atoms with van der Waals surface area (Å²) in [4.78, 5) is 0. The quantitative estimate of drug-likeness (QED) is 0.714. The summed E-state index contributed by atoms with van der Waals surface area (Å²) in [5.74, 6) is 0. The predicted octanol–water partition coefficient (Wildman–Crippen LogP) is 5.55. The number of rotatable bonds is 5. The second-order valence-corrected chi connectivity index (χ2v) is 6.39.